The smallest absolute Gasteiger partial charge is 0.454 e. The van der Waals surface area contributed by atoms with Crippen molar-refractivity contribution in [2.24, 2.45) is 0 Å². The highest BCUT2D eigenvalue weighted by Gasteiger charge is 2.31. The molecule has 0 atom stereocenters. The molecule has 0 saturated carbocycles. The van der Waals surface area contributed by atoms with Gasteiger partial charge in [-0.1, -0.05) is 0 Å². The van der Waals surface area contributed by atoms with Gasteiger partial charge < -0.3 is 19.5 Å². The molecule has 0 aliphatic carbocycles. The molecule has 0 unspecified atom stereocenters. The third-order valence-electron chi connectivity index (χ3n) is 3.49. The third kappa shape index (κ3) is 4.69. The normalized spacial score (nSPS) is 12.8. The average molecular weight is 396 g/mol. The molecule has 8 nitrogen and oxygen atoms in total. The minimum absolute atomic E-state index is 0.0613. The van der Waals surface area contributed by atoms with Crippen molar-refractivity contribution in [3.63, 3.8) is 0 Å². The van der Waals surface area contributed by atoms with Crippen molar-refractivity contribution < 1.29 is 37.1 Å². The van der Waals surface area contributed by atoms with Gasteiger partial charge in [-0.15, -0.1) is 13.2 Å². The van der Waals surface area contributed by atoms with Crippen molar-refractivity contribution >= 4 is 23.4 Å². The molecule has 1 aliphatic rings. The molecule has 1 amide bonds. The summed E-state index contributed by atoms with van der Waals surface area (Å²) in [6.07, 6.45) is -2.55. The summed E-state index contributed by atoms with van der Waals surface area (Å²) in [6.45, 7) is -0.0613. The Hall–Kier alpha value is -3.76. The van der Waals surface area contributed by atoms with Crippen molar-refractivity contribution in [2.45, 2.75) is 6.36 Å². The van der Waals surface area contributed by atoms with E-state index in [1.165, 1.54) is 30.3 Å². The number of amides is 1. The molecular weight excluding hydrogens is 385 g/mol. The average Bonchev–Trinajstić information content (AvgIpc) is 3.07. The second-order valence-corrected chi connectivity index (χ2v) is 5.42. The lowest BCUT2D eigenvalue weighted by Gasteiger charge is -2.09. The van der Waals surface area contributed by atoms with Gasteiger partial charge in [-0.2, -0.15) is 0 Å². The Kier molecular flexibility index (Phi) is 5.07. The fourth-order valence-corrected chi connectivity index (χ4v) is 2.33. The maximum atomic E-state index is 12.1. The summed E-state index contributed by atoms with van der Waals surface area (Å²) >= 11 is 0. The number of anilines is 1. The molecule has 0 bridgehead atoms. The van der Waals surface area contributed by atoms with Crippen molar-refractivity contribution in [1.29, 1.82) is 0 Å². The van der Waals surface area contributed by atoms with E-state index in [4.69, 9.17) is 9.47 Å². The highest BCUT2D eigenvalue weighted by atomic mass is 19.4. The number of benzene rings is 2. The monoisotopic (exact) mass is 396 g/mol. The number of carbonyl (C=O) groups excluding carboxylic acids is 1. The number of ether oxygens (including phenoxy) is 3. The van der Waals surface area contributed by atoms with Gasteiger partial charge in [-0.25, -0.2) is 0 Å². The minimum Gasteiger partial charge on any atom is -0.454 e. The van der Waals surface area contributed by atoms with Crippen LogP contribution < -0.4 is 19.5 Å². The van der Waals surface area contributed by atoms with Gasteiger partial charge in [0.2, 0.25) is 12.7 Å². The number of fused-ring (bicyclic) bond motifs is 1. The molecule has 146 valence electrons. The van der Waals surface area contributed by atoms with Crippen LogP contribution in [0.2, 0.25) is 0 Å². The van der Waals surface area contributed by atoms with E-state index in [1.54, 1.807) is 0 Å². The lowest BCUT2D eigenvalue weighted by atomic mass is 10.1. The van der Waals surface area contributed by atoms with Crippen molar-refractivity contribution in [3.8, 4) is 17.2 Å². The molecule has 0 fully saturated rings. The maximum absolute atomic E-state index is 12.1. The van der Waals surface area contributed by atoms with Crippen LogP contribution in [0.3, 0.4) is 0 Å². The molecule has 0 radical (unpaired) electrons. The van der Waals surface area contributed by atoms with Gasteiger partial charge in [0.15, 0.2) is 11.5 Å². The molecular formula is C17H11F3N2O6. The van der Waals surface area contributed by atoms with Gasteiger partial charge in [0.1, 0.15) is 5.75 Å². The fraction of sp³-hybridized carbons (Fsp3) is 0.118. The number of hydrogen-bond donors (Lipinski definition) is 1. The van der Waals surface area contributed by atoms with Gasteiger partial charge in [0, 0.05) is 11.8 Å². The highest BCUT2D eigenvalue weighted by Crippen LogP contribution is 2.38. The van der Waals surface area contributed by atoms with Crippen LogP contribution in [0.4, 0.5) is 24.5 Å². The molecule has 11 heteroatoms. The van der Waals surface area contributed by atoms with E-state index in [-0.39, 0.29) is 29.5 Å². The summed E-state index contributed by atoms with van der Waals surface area (Å²) in [6, 6.07) is 7.07. The van der Waals surface area contributed by atoms with E-state index in [9.17, 15) is 28.1 Å². The van der Waals surface area contributed by atoms with E-state index >= 15 is 0 Å². The van der Waals surface area contributed by atoms with Crippen LogP contribution in [-0.2, 0) is 4.79 Å². The Balaban J connectivity index is 1.70. The molecule has 1 heterocycles. The fourth-order valence-electron chi connectivity index (χ4n) is 2.33. The number of nitrogens with zero attached hydrogens (tertiary/aromatic N) is 1. The van der Waals surface area contributed by atoms with E-state index < -0.39 is 22.9 Å². The summed E-state index contributed by atoms with van der Waals surface area (Å²) in [5.41, 5.74) is 0.0599. The predicted octanol–water partition coefficient (Wildman–Crippen LogP) is 3.87. The first-order valence-electron chi connectivity index (χ1n) is 7.64. The summed E-state index contributed by atoms with van der Waals surface area (Å²) in [5, 5.41) is 13.6. The van der Waals surface area contributed by atoms with Gasteiger partial charge in [0.25, 0.3) is 5.69 Å². The third-order valence-corrected chi connectivity index (χ3v) is 3.49. The molecule has 1 N–H and O–H groups in total. The van der Waals surface area contributed by atoms with Crippen molar-refractivity contribution in [1.82, 2.24) is 0 Å². The summed E-state index contributed by atoms with van der Waals surface area (Å²) in [5.74, 6) is -0.533. The predicted molar refractivity (Wildman–Crippen MR) is 90.0 cm³/mol. The first kappa shape index (κ1) is 19.0. The van der Waals surface area contributed by atoms with Crippen LogP contribution in [0.5, 0.6) is 17.2 Å². The zero-order valence-corrected chi connectivity index (χ0v) is 13.9. The molecule has 2 aromatic carbocycles. The van der Waals surface area contributed by atoms with E-state index in [1.807, 2.05) is 0 Å². The second kappa shape index (κ2) is 7.47. The van der Waals surface area contributed by atoms with E-state index in [2.05, 4.69) is 10.1 Å². The van der Waals surface area contributed by atoms with Crippen LogP contribution in [0, 0.1) is 10.1 Å². The Morgan fingerprint density at radius 2 is 1.82 bits per heavy atom. The molecule has 3 rings (SSSR count). The zero-order chi connectivity index (χ0) is 20.3. The number of nitro benzene ring substituents is 1. The molecule has 0 saturated heterocycles. The highest BCUT2D eigenvalue weighted by molar-refractivity contribution is 6.02. The van der Waals surface area contributed by atoms with Crippen LogP contribution in [0.15, 0.2) is 42.5 Å². The molecule has 28 heavy (non-hydrogen) atoms. The SMILES string of the molecule is O=C(C=Cc1cc2c(cc1[N+](=O)[O-])OCO2)Nc1ccc(OC(F)(F)F)cc1. The minimum atomic E-state index is -4.81. The van der Waals surface area contributed by atoms with Crippen LogP contribution in [0.1, 0.15) is 5.56 Å². The maximum Gasteiger partial charge on any atom is 0.573 e. The molecule has 1 aliphatic heterocycles. The van der Waals surface area contributed by atoms with E-state index in [0.717, 1.165) is 18.2 Å². The van der Waals surface area contributed by atoms with Crippen LogP contribution in [0.25, 0.3) is 6.08 Å². The number of halogens is 3. The Morgan fingerprint density at radius 1 is 1.18 bits per heavy atom. The Bertz CT molecular complexity index is 941. The number of alkyl halides is 3. The zero-order valence-electron chi connectivity index (χ0n) is 13.9. The Labute approximate surface area is 155 Å². The quantitative estimate of drug-likeness (QED) is 0.468. The number of hydrogen-bond acceptors (Lipinski definition) is 6. The number of nitro groups is 1. The van der Waals surface area contributed by atoms with E-state index in [0.29, 0.717) is 5.75 Å². The van der Waals surface area contributed by atoms with Gasteiger partial charge in [-0.05, 0) is 36.4 Å². The second-order valence-electron chi connectivity index (χ2n) is 5.42. The molecule has 0 aromatic heterocycles. The summed E-state index contributed by atoms with van der Waals surface area (Å²) in [7, 11) is 0. The summed E-state index contributed by atoms with van der Waals surface area (Å²) < 4.78 is 50.3. The standard InChI is InChI=1S/C17H11F3N2O6/c18-17(19,20)28-12-4-2-11(3-5-12)21-16(23)6-1-10-7-14-15(27-9-26-14)8-13(10)22(24)25/h1-8H,9H2,(H,21,23). The van der Waals surface area contributed by atoms with Gasteiger partial charge in [-0.3, -0.25) is 14.9 Å². The van der Waals surface area contributed by atoms with Crippen LogP contribution >= 0.6 is 0 Å². The summed E-state index contributed by atoms with van der Waals surface area (Å²) in [4.78, 5) is 22.5. The van der Waals surface area contributed by atoms with Gasteiger partial charge in [0.05, 0.1) is 16.6 Å². The van der Waals surface area contributed by atoms with Crippen molar-refractivity contribution in [2.75, 3.05) is 12.1 Å². The lowest BCUT2D eigenvalue weighted by Crippen LogP contribution is -2.17. The number of carbonyl (C=O) groups is 1. The first-order chi connectivity index (χ1) is 13.2. The Morgan fingerprint density at radius 3 is 2.43 bits per heavy atom. The topological polar surface area (TPSA) is 99.9 Å². The number of rotatable bonds is 5. The number of nitrogens with one attached hydrogen (secondary N) is 1. The first-order valence-corrected chi connectivity index (χ1v) is 7.64. The van der Waals surface area contributed by atoms with Crippen molar-refractivity contribution in [3.05, 3.63) is 58.2 Å². The molecule has 0 spiro atoms. The van der Waals surface area contributed by atoms with Gasteiger partial charge >= 0.3 is 6.36 Å². The van der Waals surface area contributed by atoms with Crippen LogP contribution in [-0.4, -0.2) is 24.0 Å². The lowest BCUT2D eigenvalue weighted by molar-refractivity contribution is -0.385. The largest absolute Gasteiger partial charge is 0.573 e. The molecule has 2 aromatic rings.